The van der Waals surface area contributed by atoms with Gasteiger partial charge in [-0.05, 0) is 24.3 Å². The van der Waals surface area contributed by atoms with Gasteiger partial charge in [-0.25, -0.2) is 0 Å². The van der Waals surface area contributed by atoms with Gasteiger partial charge in [0.15, 0.2) is 0 Å². The number of rotatable bonds is 6. The maximum atomic E-state index is 8.83. The molecule has 2 rings (SSSR count). The normalized spacial score (nSPS) is 10.6. The van der Waals surface area contributed by atoms with Gasteiger partial charge >= 0.3 is 0 Å². The van der Waals surface area contributed by atoms with Gasteiger partial charge in [-0.3, -0.25) is 0 Å². The van der Waals surface area contributed by atoms with E-state index in [0.717, 1.165) is 11.3 Å². The highest BCUT2D eigenvalue weighted by Gasteiger charge is 2.07. The second-order valence-corrected chi connectivity index (χ2v) is 3.52. The summed E-state index contributed by atoms with van der Waals surface area (Å²) in [7, 11) is 1.63. The van der Waals surface area contributed by atoms with E-state index in [-0.39, 0.29) is 12.5 Å². The lowest BCUT2D eigenvalue weighted by Crippen LogP contribution is -2.03. The van der Waals surface area contributed by atoms with Gasteiger partial charge in [0.25, 0.3) is 0 Å². The molecular weight excluding hydrogens is 236 g/mol. The van der Waals surface area contributed by atoms with Crippen LogP contribution in [0, 0.1) is 0 Å². The van der Waals surface area contributed by atoms with Crippen molar-refractivity contribution in [1.29, 1.82) is 0 Å². The molecule has 18 heavy (non-hydrogen) atoms. The zero-order valence-corrected chi connectivity index (χ0v) is 10.00. The summed E-state index contributed by atoms with van der Waals surface area (Å²) >= 11 is 0. The van der Waals surface area contributed by atoms with Crippen molar-refractivity contribution in [3.8, 4) is 17.2 Å². The van der Waals surface area contributed by atoms with Gasteiger partial charge in [0.05, 0.1) is 6.61 Å². The third-order valence-electron chi connectivity index (χ3n) is 2.26. The first kappa shape index (κ1) is 12.5. The van der Waals surface area contributed by atoms with Crippen molar-refractivity contribution in [2.75, 3.05) is 20.3 Å². The highest BCUT2D eigenvalue weighted by molar-refractivity contribution is 5.53. The zero-order valence-electron chi connectivity index (χ0n) is 10.00. The average Bonchev–Trinajstić information content (AvgIpc) is 2.89. The minimum absolute atomic E-state index is 0.199. The molecule has 0 atom stereocenters. The first-order valence-electron chi connectivity index (χ1n) is 5.49. The first-order chi connectivity index (χ1) is 8.83. The fourth-order valence-corrected chi connectivity index (χ4v) is 1.37. The monoisotopic (exact) mass is 250 g/mol. The summed E-state index contributed by atoms with van der Waals surface area (Å²) in [6, 6.07) is 7.26. The van der Waals surface area contributed by atoms with E-state index in [9.17, 15) is 0 Å². The number of methoxy groups -OCH3 is 1. The van der Waals surface area contributed by atoms with Crippen molar-refractivity contribution in [3.05, 3.63) is 30.2 Å². The summed E-state index contributed by atoms with van der Waals surface area (Å²) in [4.78, 5) is 0. The third kappa shape index (κ3) is 3.06. The van der Waals surface area contributed by atoms with Crippen LogP contribution < -0.4 is 4.74 Å². The summed E-state index contributed by atoms with van der Waals surface area (Å²) in [5.74, 6) is 1.32. The Labute approximate surface area is 104 Å². The number of benzene rings is 1. The molecule has 0 saturated heterocycles. The summed E-state index contributed by atoms with van der Waals surface area (Å²) in [5, 5.41) is 16.3. The minimum atomic E-state index is -0.259. The molecule has 0 aliphatic rings. The smallest absolute Gasteiger partial charge is 0.247 e. The molecule has 6 heteroatoms. The van der Waals surface area contributed by atoms with E-state index in [1.54, 1.807) is 7.11 Å². The molecule has 0 bridgehead atoms. The molecule has 1 aromatic heterocycles. The Balaban J connectivity index is 2.02. The second kappa shape index (κ2) is 6.13. The molecule has 0 unspecified atom stereocenters. The van der Waals surface area contributed by atoms with Gasteiger partial charge in [-0.1, -0.05) is 0 Å². The first-order valence-corrected chi connectivity index (χ1v) is 5.49. The SMILES string of the molecule is COCCOc1ccc(-c2nnc(CO)o2)cc1. The molecular formula is C12H14N2O4. The average molecular weight is 250 g/mol. The van der Waals surface area contributed by atoms with Crippen LogP contribution in [0.4, 0.5) is 0 Å². The van der Waals surface area contributed by atoms with Crippen molar-refractivity contribution >= 4 is 0 Å². The maximum Gasteiger partial charge on any atom is 0.247 e. The lowest BCUT2D eigenvalue weighted by Gasteiger charge is -2.05. The topological polar surface area (TPSA) is 77.6 Å². The Hall–Kier alpha value is -1.92. The Morgan fingerprint density at radius 1 is 1.17 bits per heavy atom. The molecule has 1 heterocycles. The third-order valence-corrected chi connectivity index (χ3v) is 2.26. The summed E-state index contributed by atoms with van der Waals surface area (Å²) in [5.41, 5.74) is 0.779. The van der Waals surface area contributed by atoms with Crippen molar-refractivity contribution < 1.29 is 19.0 Å². The minimum Gasteiger partial charge on any atom is -0.491 e. The number of aliphatic hydroxyl groups is 1. The van der Waals surface area contributed by atoms with Gasteiger partial charge < -0.3 is 19.0 Å². The van der Waals surface area contributed by atoms with Crippen molar-refractivity contribution in [2.45, 2.75) is 6.61 Å². The van der Waals surface area contributed by atoms with Gasteiger partial charge in [-0.2, -0.15) is 0 Å². The Morgan fingerprint density at radius 3 is 2.56 bits per heavy atom. The van der Waals surface area contributed by atoms with Crippen LogP contribution in [0.1, 0.15) is 5.89 Å². The molecule has 0 spiro atoms. The van der Waals surface area contributed by atoms with Crippen LogP contribution >= 0.6 is 0 Å². The van der Waals surface area contributed by atoms with Crippen LogP contribution in [0.2, 0.25) is 0 Å². The Morgan fingerprint density at radius 2 is 1.94 bits per heavy atom. The summed E-state index contributed by atoms with van der Waals surface area (Å²) < 4.78 is 15.5. The lowest BCUT2D eigenvalue weighted by molar-refractivity contribution is 0.146. The highest BCUT2D eigenvalue weighted by Crippen LogP contribution is 2.21. The van der Waals surface area contributed by atoms with Crippen LogP contribution in [-0.2, 0) is 11.3 Å². The standard InChI is InChI=1S/C12H14N2O4/c1-16-6-7-17-10-4-2-9(3-5-10)12-14-13-11(8-15)18-12/h2-5,15H,6-8H2,1H3. The molecule has 0 saturated carbocycles. The van der Waals surface area contributed by atoms with Crippen molar-refractivity contribution in [3.63, 3.8) is 0 Å². The molecule has 6 nitrogen and oxygen atoms in total. The molecule has 0 aliphatic heterocycles. The van der Waals surface area contributed by atoms with Gasteiger partial charge in [0, 0.05) is 12.7 Å². The molecule has 0 amide bonds. The van der Waals surface area contributed by atoms with E-state index in [1.165, 1.54) is 0 Å². The molecule has 0 fully saturated rings. The Kier molecular flexibility index (Phi) is 4.27. The number of nitrogens with zero attached hydrogens (tertiary/aromatic N) is 2. The fraction of sp³-hybridized carbons (Fsp3) is 0.333. The van der Waals surface area contributed by atoms with Crippen molar-refractivity contribution in [1.82, 2.24) is 10.2 Å². The number of aromatic nitrogens is 2. The number of aliphatic hydroxyl groups excluding tert-OH is 1. The van der Waals surface area contributed by atoms with E-state index in [0.29, 0.717) is 19.1 Å². The molecule has 1 N–H and O–H groups in total. The zero-order chi connectivity index (χ0) is 12.8. The van der Waals surface area contributed by atoms with Gasteiger partial charge in [0.1, 0.15) is 19.0 Å². The molecule has 0 aliphatic carbocycles. The lowest BCUT2D eigenvalue weighted by atomic mass is 10.2. The summed E-state index contributed by atoms with van der Waals surface area (Å²) in [6.07, 6.45) is 0. The molecule has 2 aromatic rings. The Bertz CT molecular complexity index is 481. The molecule has 0 radical (unpaired) electrons. The fourth-order valence-electron chi connectivity index (χ4n) is 1.37. The van der Waals surface area contributed by atoms with Gasteiger partial charge in [0.2, 0.25) is 11.8 Å². The van der Waals surface area contributed by atoms with Gasteiger partial charge in [-0.15, -0.1) is 10.2 Å². The van der Waals surface area contributed by atoms with Crippen molar-refractivity contribution in [2.24, 2.45) is 0 Å². The van der Waals surface area contributed by atoms with Crippen LogP contribution in [0.25, 0.3) is 11.5 Å². The largest absolute Gasteiger partial charge is 0.491 e. The van der Waals surface area contributed by atoms with Crippen LogP contribution in [0.3, 0.4) is 0 Å². The van der Waals surface area contributed by atoms with E-state index in [4.69, 9.17) is 19.0 Å². The number of hydrogen-bond acceptors (Lipinski definition) is 6. The predicted octanol–water partition coefficient (Wildman–Crippen LogP) is 1.25. The van der Waals surface area contributed by atoms with E-state index >= 15 is 0 Å². The second-order valence-electron chi connectivity index (χ2n) is 3.52. The highest BCUT2D eigenvalue weighted by atomic mass is 16.5. The quantitative estimate of drug-likeness (QED) is 0.777. The number of ether oxygens (including phenoxy) is 2. The predicted molar refractivity (Wildman–Crippen MR) is 63.0 cm³/mol. The number of hydrogen-bond donors (Lipinski definition) is 1. The van der Waals surface area contributed by atoms with Crippen LogP contribution in [-0.4, -0.2) is 35.6 Å². The van der Waals surface area contributed by atoms with Crippen LogP contribution in [0.5, 0.6) is 5.75 Å². The van der Waals surface area contributed by atoms with Crippen LogP contribution in [0.15, 0.2) is 28.7 Å². The van der Waals surface area contributed by atoms with E-state index in [2.05, 4.69) is 10.2 Å². The van der Waals surface area contributed by atoms with E-state index < -0.39 is 0 Å². The maximum absolute atomic E-state index is 8.83. The molecule has 1 aromatic carbocycles. The van der Waals surface area contributed by atoms with E-state index in [1.807, 2.05) is 24.3 Å². The summed E-state index contributed by atoms with van der Waals surface area (Å²) in [6.45, 7) is 0.793. The molecule has 96 valence electrons.